The number of methoxy groups -OCH3 is 2. The van der Waals surface area contributed by atoms with Crippen LogP contribution >= 0.6 is 0 Å². The molecule has 5 nitrogen and oxygen atoms in total. The summed E-state index contributed by atoms with van der Waals surface area (Å²) in [5, 5.41) is 10.8. The normalized spacial score (nSPS) is 41.3. The maximum Gasteiger partial charge on any atom is 0.311 e. The van der Waals surface area contributed by atoms with Gasteiger partial charge < -0.3 is 14.6 Å². The predicted octanol–water partition coefficient (Wildman–Crippen LogP) is 6.68. The molecule has 36 heavy (non-hydrogen) atoms. The molecular weight excluding hydrogens is 452 g/mol. The summed E-state index contributed by atoms with van der Waals surface area (Å²) in [7, 11) is 3.03. The van der Waals surface area contributed by atoms with E-state index < -0.39 is 5.41 Å². The summed E-state index contributed by atoms with van der Waals surface area (Å²) in [5.41, 5.74) is 2.67. The molecule has 196 valence electrons. The minimum Gasteiger partial charge on any atom is -0.504 e. The number of hydrogen-bond donors (Lipinski definition) is 1. The van der Waals surface area contributed by atoms with Crippen molar-refractivity contribution >= 4 is 11.8 Å². The molecule has 0 aliphatic heterocycles. The van der Waals surface area contributed by atoms with Gasteiger partial charge in [0.2, 0.25) is 0 Å². The Morgan fingerprint density at radius 3 is 2.31 bits per heavy atom. The Kier molecular flexibility index (Phi) is 5.36. The largest absolute Gasteiger partial charge is 0.504 e. The first kappa shape index (κ1) is 25.4. The standard InChI is InChI=1S/C31H42O5/c1-18-24-19(15-21(33)25(18)35-7)29(4)12-14-31(6)23-17-28(3,26(34)36-8)10-9-27(23,2)11-13-30(31,5)22(29)16-20(24)32/h15-16,23,33H,9-14,17H2,1-8H3/t23-,27-,28-,29+,30-,31+/m1/s1. The average Bonchev–Trinajstić information content (AvgIpc) is 2.83. The topological polar surface area (TPSA) is 72.8 Å². The number of allylic oxidation sites excluding steroid dienone is 2. The highest BCUT2D eigenvalue weighted by Gasteiger charge is 2.67. The first-order chi connectivity index (χ1) is 16.7. The third kappa shape index (κ3) is 2.95. The number of phenolic OH excluding ortho intramolecular Hbond substituents is 1. The van der Waals surface area contributed by atoms with Crippen molar-refractivity contribution in [3.8, 4) is 11.5 Å². The second kappa shape index (κ2) is 7.61. The van der Waals surface area contributed by atoms with Crippen LogP contribution in [0.2, 0.25) is 0 Å². The van der Waals surface area contributed by atoms with Crippen molar-refractivity contribution < 1.29 is 24.2 Å². The van der Waals surface area contributed by atoms with Gasteiger partial charge in [-0.25, -0.2) is 0 Å². The van der Waals surface area contributed by atoms with Gasteiger partial charge in [0.05, 0.1) is 19.6 Å². The van der Waals surface area contributed by atoms with Gasteiger partial charge in [-0.3, -0.25) is 9.59 Å². The number of fused-ring (bicyclic) bond motifs is 7. The number of benzene rings is 1. The molecular formula is C31H42O5. The highest BCUT2D eigenvalue weighted by atomic mass is 16.5. The van der Waals surface area contributed by atoms with Gasteiger partial charge in [-0.1, -0.05) is 27.7 Å². The van der Waals surface area contributed by atoms with Crippen LogP contribution in [0.5, 0.6) is 11.5 Å². The van der Waals surface area contributed by atoms with E-state index in [1.807, 2.05) is 13.0 Å². The second-order valence-electron chi connectivity index (χ2n) is 13.4. The lowest BCUT2D eigenvalue weighted by Gasteiger charge is -2.69. The zero-order valence-corrected chi connectivity index (χ0v) is 23.3. The molecule has 1 N–H and O–H groups in total. The van der Waals surface area contributed by atoms with Gasteiger partial charge >= 0.3 is 5.97 Å². The Balaban J connectivity index is 1.65. The highest BCUT2D eigenvalue weighted by Crippen LogP contribution is 2.74. The fourth-order valence-corrected chi connectivity index (χ4v) is 9.21. The van der Waals surface area contributed by atoms with Gasteiger partial charge in [0.15, 0.2) is 17.3 Å². The van der Waals surface area contributed by atoms with Crippen LogP contribution < -0.4 is 4.74 Å². The summed E-state index contributed by atoms with van der Waals surface area (Å²) in [4.78, 5) is 26.6. The number of phenols is 1. The summed E-state index contributed by atoms with van der Waals surface area (Å²) in [6.07, 6.45) is 8.67. The Hall–Kier alpha value is -2.30. The van der Waals surface area contributed by atoms with Crippen LogP contribution in [-0.4, -0.2) is 31.1 Å². The maximum absolute atomic E-state index is 13.7. The fraction of sp³-hybridized carbons (Fsp3) is 0.677. The van der Waals surface area contributed by atoms with E-state index >= 15 is 0 Å². The Morgan fingerprint density at radius 1 is 1.00 bits per heavy atom. The predicted molar refractivity (Wildman–Crippen MR) is 139 cm³/mol. The van der Waals surface area contributed by atoms with Gasteiger partial charge in [-0.2, -0.15) is 0 Å². The van der Waals surface area contributed by atoms with Crippen LogP contribution in [-0.2, 0) is 14.9 Å². The summed E-state index contributed by atoms with van der Waals surface area (Å²) >= 11 is 0. The average molecular weight is 495 g/mol. The van der Waals surface area contributed by atoms with Crippen molar-refractivity contribution in [1.82, 2.24) is 0 Å². The molecule has 5 rings (SSSR count). The number of carbonyl (C=O) groups is 2. The van der Waals surface area contributed by atoms with Gasteiger partial charge in [0.1, 0.15) is 0 Å². The van der Waals surface area contributed by atoms with E-state index in [4.69, 9.17) is 9.47 Å². The first-order valence-electron chi connectivity index (χ1n) is 13.5. The summed E-state index contributed by atoms with van der Waals surface area (Å²) in [6.45, 7) is 13.4. The van der Waals surface area contributed by atoms with E-state index in [9.17, 15) is 14.7 Å². The molecule has 1 aromatic carbocycles. The van der Waals surface area contributed by atoms with Crippen LogP contribution in [0.25, 0.3) is 0 Å². The van der Waals surface area contributed by atoms with Crippen molar-refractivity contribution in [3.63, 3.8) is 0 Å². The van der Waals surface area contributed by atoms with Crippen LogP contribution in [0.15, 0.2) is 17.7 Å². The quantitative estimate of drug-likeness (QED) is 0.465. The number of esters is 1. The number of hydrogen-bond acceptors (Lipinski definition) is 5. The molecule has 0 amide bonds. The molecule has 0 bridgehead atoms. The van der Waals surface area contributed by atoms with E-state index in [0.29, 0.717) is 22.8 Å². The molecule has 0 radical (unpaired) electrons. The summed E-state index contributed by atoms with van der Waals surface area (Å²) in [5.74, 6) is 0.749. The smallest absolute Gasteiger partial charge is 0.311 e. The molecule has 1 aromatic rings. The molecule has 0 saturated heterocycles. The second-order valence-corrected chi connectivity index (χ2v) is 13.4. The fourth-order valence-electron chi connectivity index (χ4n) is 9.21. The summed E-state index contributed by atoms with van der Waals surface area (Å²) < 4.78 is 10.7. The zero-order chi connectivity index (χ0) is 26.5. The number of rotatable bonds is 2. The third-order valence-electron chi connectivity index (χ3n) is 11.8. The van der Waals surface area contributed by atoms with E-state index in [2.05, 4.69) is 34.6 Å². The molecule has 3 saturated carbocycles. The summed E-state index contributed by atoms with van der Waals surface area (Å²) in [6, 6.07) is 1.78. The van der Waals surface area contributed by atoms with Crippen LogP contribution in [0, 0.1) is 34.5 Å². The minimum atomic E-state index is -0.468. The van der Waals surface area contributed by atoms with Crippen LogP contribution in [0.1, 0.15) is 101 Å². The van der Waals surface area contributed by atoms with Gasteiger partial charge in [-0.15, -0.1) is 0 Å². The number of ketones is 1. The van der Waals surface area contributed by atoms with E-state index in [-0.39, 0.29) is 39.2 Å². The molecule has 0 unspecified atom stereocenters. The molecule has 4 aliphatic carbocycles. The van der Waals surface area contributed by atoms with Crippen molar-refractivity contribution in [3.05, 3.63) is 34.4 Å². The number of aromatic hydroxyl groups is 1. The molecule has 3 fully saturated rings. The van der Waals surface area contributed by atoms with Gasteiger partial charge in [0, 0.05) is 16.5 Å². The van der Waals surface area contributed by atoms with Gasteiger partial charge in [-0.05, 0) is 104 Å². The molecule has 0 aromatic heterocycles. The van der Waals surface area contributed by atoms with Crippen LogP contribution in [0.4, 0.5) is 0 Å². The molecule has 0 spiro atoms. The third-order valence-corrected chi connectivity index (χ3v) is 11.8. The highest BCUT2D eigenvalue weighted by molar-refractivity contribution is 6.10. The van der Waals surface area contributed by atoms with E-state index in [0.717, 1.165) is 50.5 Å². The van der Waals surface area contributed by atoms with Crippen molar-refractivity contribution in [2.75, 3.05) is 14.2 Å². The maximum atomic E-state index is 13.7. The van der Waals surface area contributed by atoms with E-state index in [1.54, 1.807) is 6.07 Å². The minimum absolute atomic E-state index is 0.00938. The first-order valence-corrected chi connectivity index (χ1v) is 13.5. The van der Waals surface area contributed by atoms with Crippen molar-refractivity contribution in [2.45, 2.75) is 91.9 Å². The number of ether oxygens (including phenoxy) is 2. The molecule has 4 aliphatic rings. The van der Waals surface area contributed by atoms with E-state index in [1.165, 1.54) is 19.8 Å². The Labute approximate surface area is 215 Å². The SMILES string of the molecule is COC(=O)[C@]1(C)CC[C@]2(C)CC[C@]3(C)C4=CC(=O)c5c(cc(O)c(OC)c5C)[C@]4(C)CC[C@@]3(C)[C@@H]2C1. The lowest BCUT2D eigenvalue weighted by atomic mass is 9.34. The lowest BCUT2D eigenvalue weighted by Crippen LogP contribution is -2.62. The number of carbonyl (C=O) groups excluding carboxylic acids is 2. The molecule has 5 heteroatoms. The lowest BCUT2D eigenvalue weighted by molar-refractivity contribution is -0.179. The molecule has 0 heterocycles. The zero-order valence-electron chi connectivity index (χ0n) is 23.3. The monoisotopic (exact) mass is 494 g/mol. The Bertz CT molecular complexity index is 1200. The van der Waals surface area contributed by atoms with Crippen molar-refractivity contribution in [2.24, 2.45) is 27.6 Å². The van der Waals surface area contributed by atoms with Crippen LogP contribution in [0.3, 0.4) is 0 Å². The Morgan fingerprint density at radius 2 is 1.67 bits per heavy atom. The van der Waals surface area contributed by atoms with Crippen molar-refractivity contribution in [1.29, 1.82) is 0 Å². The van der Waals surface area contributed by atoms with Gasteiger partial charge in [0.25, 0.3) is 0 Å². The molecule has 6 atom stereocenters.